The standard InChI is InChI=1S/C10H15N3O3S/c1-7(5-9(15)16)3-2-4-8(14)12-10-13-11-6-17-10/h6-7H,2-5H2,1H3,(H,15,16)(H,12,13,14)/p-1/t7-/m1/s1. The van der Waals surface area contributed by atoms with Crippen LogP contribution in [-0.2, 0) is 9.59 Å². The van der Waals surface area contributed by atoms with Gasteiger partial charge in [-0.15, -0.1) is 10.2 Å². The lowest BCUT2D eigenvalue weighted by atomic mass is 10.0. The monoisotopic (exact) mass is 256 g/mol. The van der Waals surface area contributed by atoms with Crippen molar-refractivity contribution >= 4 is 28.3 Å². The van der Waals surface area contributed by atoms with Crippen LogP contribution in [0, 0.1) is 5.92 Å². The SMILES string of the molecule is C[C@H](CCCC(=O)Nc1nncs1)CC(=O)[O-]. The maximum atomic E-state index is 11.4. The van der Waals surface area contributed by atoms with E-state index in [4.69, 9.17) is 0 Å². The number of nitrogens with zero attached hydrogens (tertiary/aromatic N) is 2. The molecule has 0 aliphatic rings. The minimum absolute atomic E-state index is 0.0364. The van der Waals surface area contributed by atoms with E-state index in [1.807, 2.05) is 6.92 Å². The Balaban J connectivity index is 2.14. The van der Waals surface area contributed by atoms with Crippen molar-refractivity contribution in [1.82, 2.24) is 10.2 Å². The van der Waals surface area contributed by atoms with Crippen molar-refractivity contribution in [1.29, 1.82) is 0 Å². The summed E-state index contributed by atoms with van der Waals surface area (Å²) in [4.78, 5) is 21.7. The van der Waals surface area contributed by atoms with Gasteiger partial charge in [0.1, 0.15) is 5.51 Å². The van der Waals surface area contributed by atoms with E-state index < -0.39 is 5.97 Å². The number of aromatic nitrogens is 2. The number of anilines is 1. The van der Waals surface area contributed by atoms with Crippen LogP contribution in [0.1, 0.15) is 32.6 Å². The van der Waals surface area contributed by atoms with E-state index in [0.29, 0.717) is 24.4 Å². The van der Waals surface area contributed by atoms with E-state index in [1.54, 1.807) is 0 Å². The van der Waals surface area contributed by atoms with Crippen LogP contribution in [0.3, 0.4) is 0 Å². The molecule has 0 fully saturated rings. The predicted molar refractivity (Wildman–Crippen MR) is 61.2 cm³/mol. The molecule has 17 heavy (non-hydrogen) atoms. The molecule has 0 bridgehead atoms. The molecule has 0 saturated heterocycles. The first-order valence-corrected chi connectivity index (χ1v) is 6.21. The minimum atomic E-state index is -1.05. The van der Waals surface area contributed by atoms with Crippen molar-refractivity contribution in [3.8, 4) is 0 Å². The zero-order chi connectivity index (χ0) is 12.7. The van der Waals surface area contributed by atoms with Crippen molar-refractivity contribution in [3.63, 3.8) is 0 Å². The Bertz CT molecular complexity index is 367. The molecule has 1 rings (SSSR count). The average Bonchev–Trinajstić information content (AvgIpc) is 2.69. The molecule has 0 aliphatic heterocycles. The molecule has 1 atom stereocenters. The second-order valence-electron chi connectivity index (χ2n) is 3.87. The number of carbonyl (C=O) groups excluding carboxylic acids is 2. The number of carboxylic acid groups (broad SMARTS) is 1. The smallest absolute Gasteiger partial charge is 0.226 e. The summed E-state index contributed by atoms with van der Waals surface area (Å²) in [6.45, 7) is 1.83. The van der Waals surface area contributed by atoms with Gasteiger partial charge >= 0.3 is 0 Å². The molecule has 0 aliphatic carbocycles. The Morgan fingerprint density at radius 3 is 2.94 bits per heavy atom. The summed E-state index contributed by atoms with van der Waals surface area (Å²) in [6, 6.07) is 0. The molecule has 0 aromatic carbocycles. The van der Waals surface area contributed by atoms with Gasteiger partial charge in [0, 0.05) is 12.4 Å². The molecule has 94 valence electrons. The number of amides is 1. The topological polar surface area (TPSA) is 95.0 Å². The number of hydrogen-bond acceptors (Lipinski definition) is 6. The molecule has 0 spiro atoms. The van der Waals surface area contributed by atoms with E-state index in [0.717, 1.165) is 0 Å². The first-order valence-electron chi connectivity index (χ1n) is 5.33. The Morgan fingerprint density at radius 2 is 2.35 bits per heavy atom. The van der Waals surface area contributed by atoms with Crippen LogP contribution >= 0.6 is 11.3 Å². The number of rotatable bonds is 7. The van der Waals surface area contributed by atoms with Crippen LogP contribution in [0.4, 0.5) is 5.13 Å². The number of hydrogen-bond donors (Lipinski definition) is 1. The normalized spacial score (nSPS) is 12.1. The second kappa shape index (κ2) is 6.95. The third-order valence-corrected chi connectivity index (χ3v) is 2.83. The predicted octanol–water partition coefficient (Wildman–Crippen LogP) is 0.423. The fraction of sp³-hybridized carbons (Fsp3) is 0.600. The van der Waals surface area contributed by atoms with Crippen molar-refractivity contribution in [2.45, 2.75) is 32.6 Å². The molecule has 1 heterocycles. The third-order valence-electron chi connectivity index (χ3n) is 2.22. The van der Waals surface area contributed by atoms with Gasteiger partial charge in [-0.3, -0.25) is 4.79 Å². The summed E-state index contributed by atoms with van der Waals surface area (Å²) in [5.74, 6) is -1.13. The van der Waals surface area contributed by atoms with E-state index in [2.05, 4.69) is 15.5 Å². The molecular weight excluding hydrogens is 242 g/mol. The number of carboxylic acids is 1. The van der Waals surface area contributed by atoms with Crippen LogP contribution in [0.15, 0.2) is 5.51 Å². The maximum Gasteiger partial charge on any atom is 0.226 e. The van der Waals surface area contributed by atoms with E-state index >= 15 is 0 Å². The highest BCUT2D eigenvalue weighted by molar-refractivity contribution is 7.13. The first kappa shape index (κ1) is 13.6. The molecule has 0 saturated carbocycles. The van der Waals surface area contributed by atoms with E-state index in [9.17, 15) is 14.7 Å². The molecule has 6 nitrogen and oxygen atoms in total. The maximum absolute atomic E-state index is 11.4. The van der Waals surface area contributed by atoms with Crippen LogP contribution in [0.2, 0.25) is 0 Å². The Hall–Kier alpha value is -1.50. The Kier molecular flexibility index (Phi) is 5.55. The van der Waals surface area contributed by atoms with Crippen molar-refractivity contribution < 1.29 is 14.7 Å². The van der Waals surface area contributed by atoms with Gasteiger partial charge in [-0.1, -0.05) is 18.3 Å². The summed E-state index contributed by atoms with van der Waals surface area (Å²) in [7, 11) is 0. The van der Waals surface area contributed by atoms with Crippen LogP contribution < -0.4 is 10.4 Å². The van der Waals surface area contributed by atoms with Crippen molar-refractivity contribution in [3.05, 3.63) is 5.51 Å². The molecule has 1 aromatic heterocycles. The molecule has 0 radical (unpaired) electrons. The molecule has 7 heteroatoms. The molecule has 1 aromatic rings. The van der Waals surface area contributed by atoms with E-state index in [1.165, 1.54) is 16.8 Å². The molecule has 1 N–H and O–H groups in total. The van der Waals surface area contributed by atoms with Gasteiger partial charge in [0.15, 0.2) is 0 Å². The lowest BCUT2D eigenvalue weighted by molar-refractivity contribution is -0.306. The molecular formula is C10H14N3O3S-. The average molecular weight is 256 g/mol. The van der Waals surface area contributed by atoms with Crippen molar-refractivity contribution in [2.24, 2.45) is 5.92 Å². The summed E-state index contributed by atoms with van der Waals surface area (Å²) < 4.78 is 0. The van der Waals surface area contributed by atoms with Gasteiger partial charge in [-0.25, -0.2) is 0 Å². The lowest BCUT2D eigenvalue weighted by Crippen LogP contribution is -2.24. The van der Waals surface area contributed by atoms with Crippen molar-refractivity contribution in [2.75, 3.05) is 5.32 Å². The summed E-state index contributed by atoms with van der Waals surface area (Å²) in [5, 5.41) is 20.7. The highest BCUT2D eigenvalue weighted by Gasteiger charge is 2.07. The highest BCUT2D eigenvalue weighted by atomic mass is 32.1. The highest BCUT2D eigenvalue weighted by Crippen LogP contribution is 2.13. The zero-order valence-electron chi connectivity index (χ0n) is 9.51. The molecule has 1 amide bonds. The van der Waals surface area contributed by atoms with Crippen LogP contribution in [0.25, 0.3) is 0 Å². The number of aliphatic carboxylic acids is 1. The fourth-order valence-electron chi connectivity index (χ4n) is 1.41. The largest absolute Gasteiger partial charge is 0.550 e. The fourth-order valence-corrected chi connectivity index (χ4v) is 1.87. The Morgan fingerprint density at radius 1 is 1.59 bits per heavy atom. The lowest BCUT2D eigenvalue weighted by Gasteiger charge is -2.11. The second-order valence-corrected chi connectivity index (χ2v) is 4.70. The number of nitrogens with one attached hydrogen (secondary N) is 1. The van der Waals surface area contributed by atoms with Gasteiger partial charge in [0.2, 0.25) is 11.0 Å². The Labute approximate surface area is 103 Å². The van der Waals surface area contributed by atoms with Crippen LogP contribution in [0.5, 0.6) is 0 Å². The minimum Gasteiger partial charge on any atom is -0.550 e. The number of carbonyl (C=O) groups is 2. The first-order chi connectivity index (χ1) is 8.08. The third kappa shape index (κ3) is 5.96. The zero-order valence-corrected chi connectivity index (χ0v) is 10.3. The van der Waals surface area contributed by atoms with Gasteiger partial charge in [0.25, 0.3) is 0 Å². The van der Waals surface area contributed by atoms with Gasteiger partial charge < -0.3 is 15.2 Å². The van der Waals surface area contributed by atoms with Gasteiger partial charge in [-0.2, -0.15) is 0 Å². The molecule has 0 unspecified atom stereocenters. The summed E-state index contributed by atoms with van der Waals surface area (Å²) in [5.41, 5.74) is 1.54. The van der Waals surface area contributed by atoms with Gasteiger partial charge in [0.05, 0.1) is 0 Å². The quantitative estimate of drug-likeness (QED) is 0.763. The summed E-state index contributed by atoms with van der Waals surface area (Å²) >= 11 is 1.26. The summed E-state index contributed by atoms with van der Waals surface area (Å²) in [6.07, 6.45) is 1.74. The van der Waals surface area contributed by atoms with Crippen LogP contribution in [-0.4, -0.2) is 22.1 Å². The van der Waals surface area contributed by atoms with E-state index in [-0.39, 0.29) is 18.2 Å². The van der Waals surface area contributed by atoms with Gasteiger partial charge in [-0.05, 0) is 25.2 Å².